The molecule has 15 heavy (non-hydrogen) atoms. The number of thioether (sulfide) groups is 1. The van der Waals surface area contributed by atoms with Gasteiger partial charge < -0.3 is 5.73 Å². The smallest absolute Gasteiger partial charge is 0.0543 e. The van der Waals surface area contributed by atoms with Crippen LogP contribution in [0.5, 0.6) is 0 Å². The van der Waals surface area contributed by atoms with Gasteiger partial charge in [-0.05, 0) is 24.6 Å². The van der Waals surface area contributed by atoms with E-state index in [-0.39, 0.29) is 12.4 Å². The van der Waals surface area contributed by atoms with Crippen molar-refractivity contribution in [2.75, 3.05) is 6.54 Å². The van der Waals surface area contributed by atoms with E-state index in [0.29, 0.717) is 16.8 Å². The first kappa shape index (κ1) is 15.4. The van der Waals surface area contributed by atoms with E-state index in [4.69, 9.17) is 28.9 Å². The van der Waals surface area contributed by atoms with Gasteiger partial charge in [-0.25, -0.2) is 0 Å². The van der Waals surface area contributed by atoms with Gasteiger partial charge in [-0.15, -0.1) is 24.2 Å². The largest absolute Gasteiger partial charge is 0.329 e. The Morgan fingerprint density at radius 3 is 2.60 bits per heavy atom. The fourth-order valence-electron chi connectivity index (χ4n) is 1.05. The summed E-state index contributed by atoms with van der Waals surface area (Å²) in [7, 11) is 0. The normalized spacial score (nSPS) is 12.0. The van der Waals surface area contributed by atoms with Crippen molar-refractivity contribution in [2.24, 2.45) is 5.73 Å². The highest BCUT2D eigenvalue weighted by molar-refractivity contribution is 8.00. The molecular formula is C10H14Cl3NS. The summed E-state index contributed by atoms with van der Waals surface area (Å²) in [5.41, 5.74) is 5.62. The molecule has 5 heteroatoms. The molecule has 1 aromatic carbocycles. The molecule has 0 fully saturated rings. The predicted molar refractivity (Wildman–Crippen MR) is 72.7 cm³/mol. The molecule has 0 aliphatic rings. The molecule has 0 radical (unpaired) electrons. The highest BCUT2D eigenvalue weighted by Gasteiger charge is 2.09. The molecule has 1 unspecified atom stereocenters. The zero-order valence-electron chi connectivity index (χ0n) is 8.37. The van der Waals surface area contributed by atoms with Crippen LogP contribution in [0.25, 0.3) is 0 Å². The molecule has 0 aromatic heterocycles. The van der Waals surface area contributed by atoms with Crippen molar-refractivity contribution in [3.05, 3.63) is 28.2 Å². The van der Waals surface area contributed by atoms with Crippen molar-refractivity contribution in [2.45, 2.75) is 23.5 Å². The van der Waals surface area contributed by atoms with Crippen molar-refractivity contribution in [3.63, 3.8) is 0 Å². The molecule has 0 spiro atoms. The second-order valence-electron chi connectivity index (χ2n) is 2.96. The minimum Gasteiger partial charge on any atom is -0.329 e. The minimum atomic E-state index is 0. The van der Waals surface area contributed by atoms with Crippen LogP contribution in [0.3, 0.4) is 0 Å². The molecule has 0 amide bonds. The highest BCUT2D eigenvalue weighted by Crippen LogP contribution is 2.33. The lowest BCUT2D eigenvalue weighted by molar-refractivity contribution is 0.827. The molecule has 2 N–H and O–H groups in total. The van der Waals surface area contributed by atoms with E-state index in [9.17, 15) is 0 Å². The Morgan fingerprint density at radius 2 is 2.07 bits per heavy atom. The first-order chi connectivity index (χ1) is 6.67. The summed E-state index contributed by atoms with van der Waals surface area (Å²) >= 11 is 13.6. The molecule has 1 aromatic rings. The predicted octanol–water partition coefficient (Wildman–Crippen LogP) is 4.24. The average molecular weight is 287 g/mol. The van der Waals surface area contributed by atoms with Crippen molar-refractivity contribution < 1.29 is 0 Å². The molecule has 1 atom stereocenters. The number of hydrogen-bond donors (Lipinski definition) is 1. The van der Waals surface area contributed by atoms with Gasteiger partial charge in [0.05, 0.1) is 5.02 Å². The summed E-state index contributed by atoms with van der Waals surface area (Å²) in [6, 6.07) is 5.49. The Morgan fingerprint density at radius 1 is 1.40 bits per heavy atom. The van der Waals surface area contributed by atoms with Gasteiger partial charge in [-0.3, -0.25) is 0 Å². The summed E-state index contributed by atoms with van der Waals surface area (Å²) in [6.07, 6.45) is 1.03. The molecule has 0 saturated heterocycles. The van der Waals surface area contributed by atoms with E-state index < -0.39 is 0 Å². The second kappa shape index (κ2) is 7.64. The molecule has 1 nitrogen and oxygen atoms in total. The fraction of sp³-hybridized carbons (Fsp3) is 0.400. The summed E-state index contributed by atoms with van der Waals surface area (Å²) in [4.78, 5) is 1.01. The standard InChI is InChI=1S/C10H13Cl2NS.ClH/c1-2-8(6-13)14-10-5-7(11)3-4-9(10)12;/h3-5,8H,2,6,13H2,1H3;1H. The van der Waals surface area contributed by atoms with Crippen LogP contribution in [0.1, 0.15) is 13.3 Å². The molecule has 0 saturated carbocycles. The van der Waals surface area contributed by atoms with Crippen LogP contribution in [0.15, 0.2) is 23.1 Å². The molecule has 1 rings (SSSR count). The zero-order chi connectivity index (χ0) is 10.6. The number of hydrogen-bond acceptors (Lipinski definition) is 2. The van der Waals surface area contributed by atoms with Crippen LogP contribution in [-0.4, -0.2) is 11.8 Å². The Kier molecular flexibility index (Phi) is 7.84. The van der Waals surface area contributed by atoms with E-state index in [0.717, 1.165) is 16.3 Å². The third kappa shape index (κ3) is 4.83. The third-order valence-electron chi connectivity index (χ3n) is 1.91. The highest BCUT2D eigenvalue weighted by atomic mass is 35.5. The van der Waals surface area contributed by atoms with Gasteiger partial charge in [0, 0.05) is 21.7 Å². The Balaban J connectivity index is 0.00000196. The van der Waals surface area contributed by atoms with Gasteiger partial charge in [0.1, 0.15) is 0 Å². The Bertz CT molecular complexity index is 303. The molecule has 0 aliphatic heterocycles. The van der Waals surface area contributed by atoms with Crippen molar-refractivity contribution in [1.82, 2.24) is 0 Å². The molecule has 0 bridgehead atoms. The topological polar surface area (TPSA) is 26.0 Å². The van der Waals surface area contributed by atoms with Gasteiger partial charge in [-0.1, -0.05) is 30.1 Å². The van der Waals surface area contributed by atoms with Gasteiger partial charge in [0.2, 0.25) is 0 Å². The third-order valence-corrected chi connectivity index (χ3v) is 4.03. The van der Waals surface area contributed by atoms with E-state index in [1.54, 1.807) is 17.8 Å². The van der Waals surface area contributed by atoms with Crippen LogP contribution in [0.2, 0.25) is 10.0 Å². The molecule has 0 aliphatic carbocycles. The van der Waals surface area contributed by atoms with Crippen LogP contribution < -0.4 is 5.73 Å². The van der Waals surface area contributed by atoms with Gasteiger partial charge >= 0.3 is 0 Å². The lowest BCUT2D eigenvalue weighted by atomic mass is 10.3. The summed E-state index contributed by atoms with van der Waals surface area (Å²) in [5, 5.41) is 1.86. The van der Waals surface area contributed by atoms with Crippen molar-refractivity contribution in [1.29, 1.82) is 0 Å². The summed E-state index contributed by atoms with van der Waals surface area (Å²) in [5.74, 6) is 0. The quantitative estimate of drug-likeness (QED) is 0.838. The zero-order valence-corrected chi connectivity index (χ0v) is 11.5. The number of nitrogens with two attached hydrogens (primary N) is 1. The number of halogens is 3. The van der Waals surface area contributed by atoms with E-state index in [1.807, 2.05) is 12.1 Å². The van der Waals surface area contributed by atoms with E-state index >= 15 is 0 Å². The lowest BCUT2D eigenvalue weighted by Crippen LogP contribution is -2.15. The maximum Gasteiger partial charge on any atom is 0.0543 e. The minimum absolute atomic E-state index is 0. The van der Waals surface area contributed by atoms with Gasteiger partial charge in [0.25, 0.3) is 0 Å². The van der Waals surface area contributed by atoms with Crippen LogP contribution in [0, 0.1) is 0 Å². The first-order valence-electron chi connectivity index (χ1n) is 4.49. The Labute approximate surface area is 111 Å². The Hall–Kier alpha value is 0.400. The van der Waals surface area contributed by atoms with E-state index in [1.165, 1.54) is 0 Å². The van der Waals surface area contributed by atoms with Gasteiger partial charge in [-0.2, -0.15) is 0 Å². The average Bonchev–Trinajstić information content (AvgIpc) is 2.19. The summed E-state index contributed by atoms with van der Waals surface area (Å²) in [6.45, 7) is 2.77. The number of benzene rings is 1. The van der Waals surface area contributed by atoms with E-state index in [2.05, 4.69) is 6.92 Å². The number of rotatable bonds is 4. The SMILES string of the molecule is CCC(CN)Sc1cc(Cl)ccc1Cl.Cl. The summed E-state index contributed by atoms with van der Waals surface area (Å²) < 4.78 is 0. The maximum absolute atomic E-state index is 6.03. The van der Waals surface area contributed by atoms with Gasteiger partial charge in [0.15, 0.2) is 0 Å². The lowest BCUT2D eigenvalue weighted by Gasteiger charge is -2.12. The molecule has 86 valence electrons. The molecule has 0 heterocycles. The first-order valence-corrected chi connectivity index (χ1v) is 6.12. The van der Waals surface area contributed by atoms with Crippen molar-refractivity contribution >= 4 is 47.4 Å². The molecular weight excluding hydrogens is 273 g/mol. The monoisotopic (exact) mass is 285 g/mol. The van der Waals surface area contributed by atoms with Crippen LogP contribution >= 0.6 is 47.4 Å². The second-order valence-corrected chi connectivity index (χ2v) is 5.14. The van der Waals surface area contributed by atoms with Crippen molar-refractivity contribution in [3.8, 4) is 0 Å². The van der Waals surface area contributed by atoms with Crippen LogP contribution in [-0.2, 0) is 0 Å². The fourth-order valence-corrected chi connectivity index (χ4v) is 2.53. The van der Waals surface area contributed by atoms with Crippen LogP contribution in [0.4, 0.5) is 0 Å². The maximum atomic E-state index is 6.03.